The SMILES string of the molecule is CCC(C)(C)c1ccc(Oc2ccc(NC(=O)[C@@H]3C[C@H]3C)cc2)cc1. The second-order valence-corrected chi connectivity index (χ2v) is 7.70. The summed E-state index contributed by atoms with van der Waals surface area (Å²) >= 11 is 0. The second kappa shape index (κ2) is 6.91. The number of benzene rings is 2. The smallest absolute Gasteiger partial charge is 0.227 e. The van der Waals surface area contributed by atoms with E-state index in [0.29, 0.717) is 5.92 Å². The van der Waals surface area contributed by atoms with Crippen molar-refractivity contribution in [1.29, 1.82) is 0 Å². The summed E-state index contributed by atoms with van der Waals surface area (Å²) in [4.78, 5) is 12.0. The number of carbonyl (C=O) groups is 1. The van der Waals surface area contributed by atoms with Gasteiger partial charge in [0, 0.05) is 11.6 Å². The van der Waals surface area contributed by atoms with Crippen LogP contribution in [0.1, 0.15) is 46.1 Å². The first kappa shape index (κ1) is 17.5. The third-order valence-corrected chi connectivity index (χ3v) is 5.32. The van der Waals surface area contributed by atoms with Crippen LogP contribution in [0.25, 0.3) is 0 Å². The van der Waals surface area contributed by atoms with Crippen LogP contribution in [-0.2, 0) is 10.2 Å². The maximum absolute atomic E-state index is 12.0. The number of nitrogens with one attached hydrogen (secondary N) is 1. The largest absolute Gasteiger partial charge is 0.457 e. The number of anilines is 1. The zero-order valence-electron chi connectivity index (χ0n) is 15.5. The first-order chi connectivity index (χ1) is 11.9. The van der Waals surface area contributed by atoms with Gasteiger partial charge in [0.15, 0.2) is 0 Å². The second-order valence-electron chi connectivity index (χ2n) is 7.70. The molecule has 1 aliphatic rings. The molecule has 2 atom stereocenters. The lowest BCUT2D eigenvalue weighted by molar-refractivity contribution is -0.117. The minimum absolute atomic E-state index is 0.121. The van der Waals surface area contributed by atoms with Crippen LogP contribution in [0.2, 0.25) is 0 Å². The van der Waals surface area contributed by atoms with Gasteiger partial charge in [-0.2, -0.15) is 0 Å². The fraction of sp³-hybridized carbons (Fsp3) is 0.409. The average Bonchev–Trinajstić information content (AvgIpc) is 3.34. The molecule has 132 valence electrons. The lowest BCUT2D eigenvalue weighted by atomic mass is 9.82. The average molecular weight is 337 g/mol. The number of hydrogen-bond donors (Lipinski definition) is 1. The molecule has 3 heteroatoms. The first-order valence-electron chi connectivity index (χ1n) is 9.08. The summed E-state index contributed by atoms with van der Waals surface area (Å²) in [6.07, 6.45) is 2.10. The number of hydrogen-bond acceptors (Lipinski definition) is 2. The zero-order valence-corrected chi connectivity index (χ0v) is 15.5. The molecule has 0 spiro atoms. The highest BCUT2D eigenvalue weighted by atomic mass is 16.5. The molecule has 2 aromatic carbocycles. The van der Waals surface area contributed by atoms with Gasteiger partial charge in [-0.1, -0.05) is 39.8 Å². The van der Waals surface area contributed by atoms with Gasteiger partial charge in [0.25, 0.3) is 0 Å². The van der Waals surface area contributed by atoms with E-state index in [1.807, 2.05) is 36.4 Å². The molecule has 1 fully saturated rings. The summed E-state index contributed by atoms with van der Waals surface area (Å²) in [7, 11) is 0. The summed E-state index contributed by atoms with van der Waals surface area (Å²) in [5.41, 5.74) is 2.31. The third-order valence-electron chi connectivity index (χ3n) is 5.32. The number of carbonyl (C=O) groups excluding carboxylic acids is 1. The molecule has 1 aliphatic carbocycles. The van der Waals surface area contributed by atoms with Crippen LogP contribution in [-0.4, -0.2) is 5.91 Å². The molecule has 0 unspecified atom stereocenters. The van der Waals surface area contributed by atoms with Gasteiger partial charge in [-0.3, -0.25) is 4.79 Å². The Labute approximate surface area is 150 Å². The van der Waals surface area contributed by atoms with Gasteiger partial charge in [0.2, 0.25) is 5.91 Å². The monoisotopic (exact) mass is 337 g/mol. The van der Waals surface area contributed by atoms with Crippen LogP contribution < -0.4 is 10.1 Å². The summed E-state index contributed by atoms with van der Waals surface area (Å²) in [6, 6.07) is 15.8. The van der Waals surface area contributed by atoms with Crippen molar-refractivity contribution >= 4 is 11.6 Å². The minimum atomic E-state index is 0.121. The molecule has 0 aromatic heterocycles. The van der Waals surface area contributed by atoms with E-state index in [2.05, 4.69) is 45.1 Å². The molecule has 2 aromatic rings. The fourth-order valence-corrected chi connectivity index (χ4v) is 2.84. The van der Waals surface area contributed by atoms with Crippen molar-refractivity contribution in [3.63, 3.8) is 0 Å². The molecular weight excluding hydrogens is 310 g/mol. The minimum Gasteiger partial charge on any atom is -0.457 e. The van der Waals surface area contributed by atoms with Gasteiger partial charge in [-0.25, -0.2) is 0 Å². The van der Waals surface area contributed by atoms with Gasteiger partial charge < -0.3 is 10.1 Å². The van der Waals surface area contributed by atoms with Gasteiger partial charge in [-0.05, 0) is 66.1 Å². The highest BCUT2D eigenvalue weighted by Gasteiger charge is 2.39. The first-order valence-corrected chi connectivity index (χ1v) is 9.08. The van der Waals surface area contributed by atoms with Crippen LogP contribution in [0.5, 0.6) is 11.5 Å². The summed E-state index contributed by atoms with van der Waals surface area (Å²) in [5.74, 6) is 2.40. The van der Waals surface area contributed by atoms with E-state index in [-0.39, 0.29) is 17.2 Å². The zero-order chi connectivity index (χ0) is 18.0. The van der Waals surface area contributed by atoms with E-state index in [0.717, 1.165) is 30.0 Å². The maximum atomic E-state index is 12.0. The quantitative estimate of drug-likeness (QED) is 0.727. The third kappa shape index (κ3) is 4.22. The Balaban J connectivity index is 1.60. The summed E-state index contributed by atoms with van der Waals surface area (Å²) in [6.45, 7) is 8.80. The molecule has 3 nitrogen and oxygen atoms in total. The molecule has 1 N–H and O–H groups in total. The Bertz CT molecular complexity index is 732. The molecular formula is C22H27NO2. The normalized spacial score (nSPS) is 19.4. The van der Waals surface area contributed by atoms with Gasteiger partial charge in [0.1, 0.15) is 11.5 Å². The molecule has 0 heterocycles. The molecule has 25 heavy (non-hydrogen) atoms. The van der Waals surface area contributed by atoms with Crippen molar-refractivity contribution in [3.05, 3.63) is 54.1 Å². The number of rotatable bonds is 6. The van der Waals surface area contributed by atoms with E-state index in [1.165, 1.54) is 5.56 Å². The van der Waals surface area contributed by atoms with Crippen molar-refractivity contribution < 1.29 is 9.53 Å². The van der Waals surface area contributed by atoms with Gasteiger partial charge in [0.05, 0.1) is 0 Å². The number of amides is 1. The maximum Gasteiger partial charge on any atom is 0.227 e. The van der Waals surface area contributed by atoms with Crippen LogP contribution in [0.15, 0.2) is 48.5 Å². The Morgan fingerprint density at radius 3 is 2.08 bits per heavy atom. The van der Waals surface area contributed by atoms with Crippen molar-refractivity contribution in [1.82, 2.24) is 0 Å². The molecule has 0 aliphatic heterocycles. The number of ether oxygens (including phenoxy) is 1. The van der Waals surface area contributed by atoms with E-state index in [4.69, 9.17) is 4.74 Å². The highest BCUT2D eigenvalue weighted by molar-refractivity contribution is 5.94. The standard InChI is InChI=1S/C22H27NO2/c1-5-22(3,4)16-6-10-18(11-7-16)25-19-12-8-17(9-13-19)23-21(24)20-14-15(20)2/h6-13,15,20H,5,14H2,1-4H3,(H,23,24)/t15-,20-/m1/s1. The Morgan fingerprint density at radius 2 is 1.60 bits per heavy atom. The van der Waals surface area contributed by atoms with E-state index >= 15 is 0 Å². The van der Waals surface area contributed by atoms with Crippen LogP contribution in [0.3, 0.4) is 0 Å². The lowest BCUT2D eigenvalue weighted by Crippen LogP contribution is -2.14. The van der Waals surface area contributed by atoms with Crippen molar-refractivity contribution in [2.45, 2.75) is 46.0 Å². The topological polar surface area (TPSA) is 38.3 Å². The van der Waals surface area contributed by atoms with Gasteiger partial charge in [-0.15, -0.1) is 0 Å². The molecule has 0 radical (unpaired) electrons. The molecule has 0 saturated heterocycles. The molecule has 0 bridgehead atoms. The van der Waals surface area contributed by atoms with E-state index in [9.17, 15) is 4.79 Å². The van der Waals surface area contributed by atoms with E-state index in [1.54, 1.807) is 0 Å². The highest BCUT2D eigenvalue weighted by Crippen LogP contribution is 2.38. The predicted octanol–water partition coefficient (Wildman–Crippen LogP) is 5.76. The van der Waals surface area contributed by atoms with Crippen LogP contribution in [0, 0.1) is 11.8 Å². The van der Waals surface area contributed by atoms with Crippen LogP contribution in [0.4, 0.5) is 5.69 Å². The molecule has 1 amide bonds. The summed E-state index contributed by atoms with van der Waals surface area (Å²) < 4.78 is 5.90. The Hall–Kier alpha value is -2.29. The van der Waals surface area contributed by atoms with E-state index < -0.39 is 0 Å². The summed E-state index contributed by atoms with van der Waals surface area (Å²) in [5, 5.41) is 2.96. The molecule has 1 saturated carbocycles. The van der Waals surface area contributed by atoms with Gasteiger partial charge >= 0.3 is 0 Å². The Kier molecular flexibility index (Phi) is 4.85. The van der Waals surface area contributed by atoms with Crippen molar-refractivity contribution in [3.8, 4) is 11.5 Å². The fourth-order valence-electron chi connectivity index (χ4n) is 2.84. The van der Waals surface area contributed by atoms with Crippen molar-refractivity contribution in [2.24, 2.45) is 11.8 Å². The lowest BCUT2D eigenvalue weighted by Gasteiger charge is -2.23. The van der Waals surface area contributed by atoms with Crippen LogP contribution >= 0.6 is 0 Å². The Morgan fingerprint density at radius 1 is 1.08 bits per heavy atom. The molecule has 3 rings (SSSR count). The van der Waals surface area contributed by atoms with Crippen molar-refractivity contribution in [2.75, 3.05) is 5.32 Å². The predicted molar refractivity (Wildman–Crippen MR) is 102 cm³/mol.